The molecule has 2 N–H and O–H groups in total. The van der Waals surface area contributed by atoms with E-state index in [1.54, 1.807) is 25.1 Å². The van der Waals surface area contributed by atoms with Gasteiger partial charge in [-0.25, -0.2) is 4.98 Å². The Morgan fingerprint density at radius 3 is 2.73 bits per heavy atom. The van der Waals surface area contributed by atoms with Crippen molar-refractivity contribution in [2.75, 3.05) is 26.1 Å². The average Bonchev–Trinajstić information content (AvgIpc) is 2.72. The second kappa shape index (κ2) is 10.8. The van der Waals surface area contributed by atoms with Crippen molar-refractivity contribution in [3.63, 3.8) is 0 Å². The van der Waals surface area contributed by atoms with Gasteiger partial charge in [-0.05, 0) is 30.2 Å². The van der Waals surface area contributed by atoms with Crippen molar-refractivity contribution in [2.24, 2.45) is 0 Å². The number of amides is 2. The Hall–Kier alpha value is -3.55. The molecule has 0 aliphatic heterocycles. The third-order valence-electron chi connectivity index (χ3n) is 4.12. The minimum Gasteiger partial charge on any atom is -0.504 e. The molecule has 0 saturated carbocycles. The molecule has 1 aromatic carbocycles. The van der Waals surface area contributed by atoms with E-state index in [1.165, 1.54) is 25.3 Å². The number of methoxy groups -OCH3 is 1. The van der Waals surface area contributed by atoms with Gasteiger partial charge in [0.05, 0.1) is 13.7 Å². The Morgan fingerprint density at radius 1 is 1.33 bits per heavy atom. The molecule has 160 valence electrons. The summed E-state index contributed by atoms with van der Waals surface area (Å²) in [5.41, 5.74) is 1.36. The first-order chi connectivity index (χ1) is 14.3. The molecular weight excluding hydrogens is 386 g/mol. The monoisotopic (exact) mass is 413 g/mol. The van der Waals surface area contributed by atoms with Crippen LogP contribution >= 0.6 is 0 Å². The van der Waals surface area contributed by atoms with Crippen LogP contribution in [0.25, 0.3) is 6.08 Å². The average molecular weight is 413 g/mol. The normalized spacial score (nSPS) is 10.7. The number of nitrogens with zero attached hydrogens (tertiary/aromatic N) is 2. The number of carbonyl (C=O) groups excluding carboxylic acids is 2. The molecule has 2 amide bonds. The summed E-state index contributed by atoms with van der Waals surface area (Å²) >= 11 is 0. The maximum absolute atomic E-state index is 12.5. The third-order valence-corrected chi connectivity index (χ3v) is 4.12. The van der Waals surface area contributed by atoms with Gasteiger partial charge in [0.15, 0.2) is 23.1 Å². The van der Waals surface area contributed by atoms with Crippen molar-refractivity contribution in [3.8, 4) is 17.2 Å². The second-order valence-corrected chi connectivity index (χ2v) is 6.64. The number of para-hydroxylation sites is 1. The van der Waals surface area contributed by atoms with Crippen molar-refractivity contribution in [1.82, 2.24) is 9.88 Å². The number of anilines is 1. The van der Waals surface area contributed by atoms with E-state index in [2.05, 4.69) is 10.3 Å². The molecule has 0 fully saturated rings. The zero-order valence-electron chi connectivity index (χ0n) is 17.6. The number of ether oxygens (including phenoxy) is 2. The summed E-state index contributed by atoms with van der Waals surface area (Å²) in [4.78, 5) is 29.1. The lowest BCUT2D eigenvalue weighted by Crippen LogP contribution is -2.24. The maximum Gasteiger partial charge on any atom is 0.246 e. The van der Waals surface area contributed by atoms with E-state index in [-0.39, 0.29) is 23.4 Å². The van der Waals surface area contributed by atoms with Crippen molar-refractivity contribution in [3.05, 3.63) is 47.7 Å². The quantitative estimate of drug-likeness (QED) is 0.612. The highest BCUT2D eigenvalue weighted by Crippen LogP contribution is 2.32. The summed E-state index contributed by atoms with van der Waals surface area (Å²) in [6.07, 6.45) is 5.24. The zero-order chi connectivity index (χ0) is 22.1. The van der Waals surface area contributed by atoms with Crippen LogP contribution in [-0.2, 0) is 16.1 Å². The van der Waals surface area contributed by atoms with E-state index in [0.29, 0.717) is 30.2 Å². The molecule has 0 aliphatic rings. The molecule has 0 saturated heterocycles. The van der Waals surface area contributed by atoms with Gasteiger partial charge in [-0.2, -0.15) is 0 Å². The number of aromatic hydroxyl groups is 1. The van der Waals surface area contributed by atoms with Crippen molar-refractivity contribution < 1.29 is 24.2 Å². The fourth-order valence-corrected chi connectivity index (χ4v) is 2.67. The van der Waals surface area contributed by atoms with Gasteiger partial charge in [0, 0.05) is 38.4 Å². The van der Waals surface area contributed by atoms with Crippen LogP contribution in [0.2, 0.25) is 0 Å². The minimum absolute atomic E-state index is 0.0701. The number of likely N-dealkylation sites (N-methyl/N-ethyl adjacent to an activating group) is 1. The lowest BCUT2D eigenvalue weighted by Gasteiger charge is -2.19. The molecule has 0 spiro atoms. The number of hydrogen-bond donors (Lipinski definition) is 2. The van der Waals surface area contributed by atoms with Crippen LogP contribution in [0.4, 0.5) is 5.82 Å². The van der Waals surface area contributed by atoms with Crippen molar-refractivity contribution >= 4 is 23.7 Å². The van der Waals surface area contributed by atoms with Crippen molar-refractivity contribution in [2.45, 2.75) is 26.8 Å². The molecule has 0 aliphatic carbocycles. The molecule has 0 unspecified atom stereocenters. The van der Waals surface area contributed by atoms with Gasteiger partial charge < -0.3 is 24.8 Å². The summed E-state index contributed by atoms with van der Waals surface area (Å²) < 4.78 is 11.2. The van der Waals surface area contributed by atoms with Crippen LogP contribution < -0.4 is 14.8 Å². The predicted octanol–water partition coefficient (Wildman–Crippen LogP) is 3.21. The van der Waals surface area contributed by atoms with Gasteiger partial charge in [-0.1, -0.05) is 19.1 Å². The van der Waals surface area contributed by atoms with Crippen LogP contribution in [0.1, 0.15) is 31.4 Å². The second-order valence-electron chi connectivity index (χ2n) is 6.64. The Balaban J connectivity index is 2.10. The molecule has 8 heteroatoms. The fraction of sp³-hybridized carbons (Fsp3) is 0.318. The first-order valence-electron chi connectivity index (χ1n) is 9.54. The maximum atomic E-state index is 12.5. The Morgan fingerprint density at radius 2 is 2.10 bits per heavy atom. The lowest BCUT2D eigenvalue weighted by molar-refractivity contribution is -0.125. The van der Waals surface area contributed by atoms with Gasteiger partial charge in [0.1, 0.15) is 0 Å². The van der Waals surface area contributed by atoms with E-state index in [0.717, 1.165) is 12.0 Å². The van der Waals surface area contributed by atoms with E-state index < -0.39 is 0 Å². The zero-order valence-corrected chi connectivity index (χ0v) is 17.6. The molecule has 1 heterocycles. The minimum atomic E-state index is -0.335. The molecule has 2 rings (SSSR count). The topological polar surface area (TPSA) is 101 Å². The number of benzene rings is 1. The first kappa shape index (κ1) is 22.7. The highest BCUT2D eigenvalue weighted by molar-refractivity contribution is 5.92. The Labute approximate surface area is 176 Å². The number of nitrogens with one attached hydrogen (secondary N) is 1. The molecule has 8 nitrogen and oxygen atoms in total. The fourth-order valence-electron chi connectivity index (χ4n) is 2.67. The van der Waals surface area contributed by atoms with Crippen molar-refractivity contribution in [1.29, 1.82) is 0 Å². The van der Waals surface area contributed by atoms with E-state index in [1.807, 2.05) is 25.1 Å². The Bertz CT molecular complexity index is 927. The molecule has 0 bridgehead atoms. The van der Waals surface area contributed by atoms with E-state index in [4.69, 9.17) is 9.47 Å². The molecule has 2 aromatic rings. The lowest BCUT2D eigenvalue weighted by atomic mass is 10.1. The molecule has 0 atom stereocenters. The molecule has 1 aromatic heterocycles. The summed E-state index contributed by atoms with van der Waals surface area (Å²) in [5, 5.41) is 12.3. The number of carbonyl (C=O) groups is 2. The Kier molecular flexibility index (Phi) is 8.22. The number of rotatable bonds is 9. The van der Waals surface area contributed by atoms with E-state index >= 15 is 0 Å². The largest absolute Gasteiger partial charge is 0.504 e. The summed E-state index contributed by atoms with van der Waals surface area (Å²) in [6, 6.07) is 6.98. The predicted molar refractivity (Wildman–Crippen MR) is 114 cm³/mol. The van der Waals surface area contributed by atoms with Crippen LogP contribution in [-0.4, -0.2) is 47.6 Å². The summed E-state index contributed by atoms with van der Waals surface area (Å²) in [5.74, 6) is 0.580. The number of hydrogen-bond acceptors (Lipinski definition) is 6. The van der Waals surface area contributed by atoms with Gasteiger partial charge in [0.25, 0.3) is 0 Å². The molecule has 0 radical (unpaired) electrons. The van der Waals surface area contributed by atoms with Gasteiger partial charge in [0.2, 0.25) is 11.8 Å². The molecular formula is C22H27N3O5. The number of pyridine rings is 1. The van der Waals surface area contributed by atoms with Gasteiger partial charge in [-0.3, -0.25) is 9.59 Å². The highest BCUT2D eigenvalue weighted by Gasteiger charge is 2.14. The van der Waals surface area contributed by atoms with Gasteiger partial charge >= 0.3 is 0 Å². The smallest absolute Gasteiger partial charge is 0.246 e. The van der Waals surface area contributed by atoms with Crippen LogP contribution in [0.3, 0.4) is 0 Å². The van der Waals surface area contributed by atoms with Crippen LogP contribution in [0.5, 0.6) is 17.2 Å². The third kappa shape index (κ3) is 6.23. The number of aromatic nitrogens is 1. The van der Waals surface area contributed by atoms with Gasteiger partial charge in [-0.15, -0.1) is 0 Å². The van der Waals surface area contributed by atoms with E-state index in [9.17, 15) is 14.7 Å². The van der Waals surface area contributed by atoms with Crippen LogP contribution in [0.15, 0.2) is 36.5 Å². The van der Waals surface area contributed by atoms with Crippen LogP contribution in [0, 0.1) is 0 Å². The SMILES string of the molecule is CCCOc1c(CN(C)C(=O)/C=C/c2cnc(NC(C)=O)c(O)c2)cccc1OC. The summed E-state index contributed by atoms with van der Waals surface area (Å²) in [7, 11) is 3.27. The molecule has 30 heavy (non-hydrogen) atoms. The highest BCUT2D eigenvalue weighted by atomic mass is 16.5. The standard InChI is InChI=1S/C22H27N3O5/c1-5-11-30-21-17(7-6-8-19(21)29-4)14-25(3)20(28)10-9-16-12-18(27)22(23-13-16)24-15(2)26/h6-10,12-13,27H,5,11,14H2,1-4H3,(H,23,24,26)/b10-9+. The first-order valence-corrected chi connectivity index (χ1v) is 9.54. The summed E-state index contributed by atoms with van der Waals surface area (Å²) in [6.45, 7) is 4.23.